The van der Waals surface area contributed by atoms with Crippen LogP contribution < -0.4 is 0 Å². The van der Waals surface area contributed by atoms with E-state index in [4.69, 9.17) is 0 Å². The third-order valence-corrected chi connectivity index (χ3v) is 5.73. The molecule has 3 aromatic rings. The summed E-state index contributed by atoms with van der Waals surface area (Å²) in [4.78, 5) is 3.85. The molecule has 1 aliphatic carbocycles. The number of hydrogen-bond acceptors (Lipinski definition) is 3. The van der Waals surface area contributed by atoms with Gasteiger partial charge in [0, 0.05) is 24.4 Å². The van der Waals surface area contributed by atoms with Gasteiger partial charge in [0.1, 0.15) is 30.1 Å². The minimum atomic E-state index is -2.21. The van der Waals surface area contributed by atoms with Crippen molar-refractivity contribution in [2.45, 2.75) is 44.4 Å². The van der Waals surface area contributed by atoms with Gasteiger partial charge in [-0.1, -0.05) is 0 Å². The summed E-state index contributed by atoms with van der Waals surface area (Å²) in [6, 6.07) is 4.57. The van der Waals surface area contributed by atoms with E-state index < -0.39 is 36.3 Å². The summed E-state index contributed by atoms with van der Waals surface area (Å²) in [5.74, 6) is -1.70. The van der Waals surface area contributed by atoms with Crippen LogP contribution in [-0.2, 0) is 12.8 Å². The molecular formula is C23H18F5N3O. The summed E-state index contributed by atoms with van der Waals surface area (Å²) in [6.07, 6.45) is -3.84. The van der Waals surface area contributed by atoms with Gasteiger partial charge in [0.25, 0.3) is 0 Å². The minimum absolute atomic E-state index is 0.0142. The molecule has 9 heteroatoms. The Morgan fingerprint density at radius 2 is 2.03 bits per heavy atom. The predicted octanol–water partition coefficient (Wildman–Crippen LogP) is 4.91. The van der Waals surface area contributed by atoms with Crippen LogP contribution in [0, 0.1) is 23.0 Å². The van der Waals surface area contributed by atoms with Gasteiger partial charge in [0.2, 0.25) is 0 Å². The molecule has 0 fully saturated rings. The van der Waals surface area contributed by atoms with Gasteiger partial charge < -0.3 is 9.67 Å². The largest absolute Gasteiger partial charge is 0.385 e. The van der Waals surface area contributed by atoms with Gasteiger partial charge in [-0.25, -0.2) is 26.9 Å². The van der Waals surface area contributed by atoms with Crippen LogP contribution in [0.1, 0.15) is 52.6 Å². The summed E-state index contributed by atoms with van der Waals surface area (Å²) >= 11 is 0. The fourth-order valence-electron chi connectivity index (χ4n) is 4.25. The number of rotatable bonds is 5. The van der Waals surface area contributed by atoms with Crippen molar-refractivity contribution in [1.29, 1.82) is 5.26 Å². The maximum Gasteiger partial charge on any atom is 0.156 e. The van der Waals surface area contributed by atoms with Crippen LogP contribution in [-0.4, -0.2) is 27.0 Å². The lowest BCUT2D eigenvalue weighted by molar-refractivity contribution is 0.0923. The summed E-state index contributed by atoms with van der Waals surface area (Å²) in [6.45, 7) is 0.965. The lowest BCUT2D eigenvalue weighted by atomic mass is 9.88. The number of aliphatic hydroxyl groups excluding tert-OH is 1. The second-order valence-corrected chi connectivity index (χ2v) is 7.78. The topological polar surface area (TPSA) is 61.8 Å². The number of hydrogen-bond donors (Lipinski definition) is 1. The average Bonchev–Trinajstić information content (AvgIpc) is 3.38. The molecule has 0 radical (unpaired) electrons. The van der Waals surface area contributed by atoms with Crippen LogP contribution in [0.4, 0.5) is 22.0 Å². The predicted molar refractivity (Wildman–Crippen MR) is 105 cm³/mol. The Morgan fingerprint density at radius 1 is 1.28 bits per heavy atom. The first kappa shape index (κ1) is 22.0. The van der Waals surface area contributed by atoms with Crippen LogP contribution in [0.5, 0.6) is 0 Å². The number of nitrogens with zero attached hydrogens (tertiary/aromatic N) is 3. The smallest absolute Gasteiger partial charge is 0.156 e. The molecule has 1 heterocycles. The van der Waals surface area contributed by atoms with Crippen molar-refractivity contribution in [2.75, 3.05) is 0 Å². The highest BCUT2D eigenvalue weighted by atomic mass is 19.2. The number of alkyl halides is 3. The monoisotopic (exact) mass is 447 g/mol. The van der Waals surface area contributed by atoms with Crippen molar-refractivity contribution < 1.29 is 27.1 Å². The van der Waals surface area contributed by atoms with Crippen molar-refractivity contribution in [1.82, 2.24) is 9.55 Å². The van der Waals surface area contributed by atoms with Crippen LogP contribution in [0.3, 0.4) is 0 Å². The van der Waals surface area contributed by atoms with Crippen LogP contribution in [0.25, 0.3) is 5.69 Å². The zero-order valence-electron chi connectivity index (χ0n) is 16.9. The van der Waals surface area contributed by atoms with Crippen LogP contribution in [0.15, 0.2) is 36.9 Å². The third-order valence-electron chi connectivity index (χ3n) is 5.73. The molecule has 2 aromatic carbocycles. The van der Waals surface area contributed by atoms with E-state index >= 15 is 4.39 Å². The second kappa shape index (κ2) is 8.36. The highest BCUT2D eigenvalue weighted by molar-refractivity contribution is 5.57. The Morgan fingerprint density at radius 3 is 2.66 bits per heavy atom. The van der Waals surface area contributed by atoms with E-state index in [9.17, 15) is 27.9 Å². The molecule has 166 valence electrons. The van der Waals surface area contributed by atoms with Gasteiger partial charge in [-0.05, 0) is 53.8 Å². The van der Waals surface area contributed by atoms with Crippen molar-refractivity contribution in [3.05, 3.63) is 81.9 Å². The summed E-state index contributed by atoms with van der Waals surface area (Å²) in [7, 11) is 0. The fraction of sp³-hybridized carbons (Fsp3) is 0.304. The highest BCUT2D eigenvalue weighted by Gasteiger charge is 2.37. The van der Waals surface area contributed by atoms with E-state index in [1.165, 1.54) is 23.3 Å². The molecule has 0 bridgehead atoms. The highest BCUT2D eigenvalue weighted by Crippen LogP contribution is 2.42. The number of fused-ring (bicyclic) bond motifs is 1. The zero-order chi connectivity index (χ0) is 23.2. The minimum Gasteiger partial charge on any atom is -0.385 e. The summed E-state index contributed by atoms with van der Waals surface area (Å²) < 4.78 is 73.3. The summed E-state index contributed by atoms with van der Waals surface area (Å²) in [5, 5.41) is 19.9. The molecule has 1 aliphatic rings. The van der Waals surface area contributed by atoms with Gasteiger partial charge in [-0.15, -0.1) is 0 Å². The zero-order valence-corrected chi connectivity index (χ0v) is 16.9. The quantitative estimate of drug-likeness (QED) is 0.566. The first-order valence-corrected chi connectivity index (χ1v) is 9.88. The average molecular weight is 447 g/mol. The molecule has 1 aromatic heterocycles. The van der Waals surface area contributed by atoms with Crippen molar-refractivity contribution in [3.63, 3.8) is 0 Å². The molecule has 4 rings (SSSR count). The second-order valence-electron chi connectivity index (χ2n) is 7.78. The Hall–Kier alpha value is -3.25. The molecular weight excluding hydrogens is 429 g/mol. The van der Waals surface area contributed by atoms with Gasteiger partial charge in [0.05, 0.1) is 23.6 Å². The fourth-order valence-corrected chi connectivity index (χ4v) is 4.25. The summed E-state index contributed by atoms with van der Waals surface area (Å²) in [5.41, 5.74) is -0.134. The molecule has 0 saturated carbocycles. The normalized spacial score (nSPS) is 19.4. The van der Waals surface area contributed by atoms with Crippen molar-refractivity contribution in [2.24, 2.45) is 0 Å². The standard InChI is InChI=1S/C23H18F5N3O/c1-11(24)21(28)17-7-14(25)4-13(9-29)15(17)5-12-6-18(26)22(31-3-2-30-10-31)20-16(12)8-19(27)23(20)32/h2-4,6-7,10-11,19,21,23,32H,5,8H2,1H3. The van der Waals surface area contributed by atoms with Crippen molar-refractivity contribution >= 4 is 0 Å². The van der Waals surface area contributed by atoms with E-state index in [2.05, 4.69) is 4.98 Å². The number of nitriles is 1. The van der Waals surface area contributed by atoms with Gasteiger partial charge in [0.15, 0.2) is 6.17 Å². The molecule has 1 N–H and O–H groups in total. The SMILES string of the molecule is CC(F)C(F)c1cc(F)cc(C#N)c1Cc1cc(F)c(-n2ccnc2)c2c1CC(F)C2O. The maximum absolute atomic E-state index is 15.2. The molecule has 0 spiro atoms. The molecule has 4 unspecified atom stereocenters. The van der Waals surface area contributed by atoms with Gasteiger partial charge >= 0.3 is 0 Å². The first-order chi connectivity index (χ1) is 15.2. The lowest BCUT2D eigenvalue weighted by Crippen LogP contribution is -2.12. The van der Waals surface area contributed by atoms with Crippen LogP contribution in [0.2, 0.25) is 0 Å². The number of aliphatic hydroxyl groups is 1. The van der Waals surface area contributed by atoms with E-state index in [1.54, 1.807) is 6.07 Å². The Kier molecular flexibility index (Phi) is 5.73. The number of halogens is 5. The van der Waals surface area contributed by atoms with Crippen LogP contribution >= 0.6 is 0 Å². The maximum atomic E-state index is 15.2. The number of aromatic nitrogens is 2. The molecule has 0 amide bonds. The molecule has 4 nitrogen and oxygen atoms in total. The van der Waals surface area contributed by atoms with E-state index in [0.717, 1.165) is 25.1 Å². The Balaban J connectivity index is 1.91. The van der Waals surface area contributed by atoms with Gasteiger partial charge in [-0.2, -0.15) is 5.26 Å². The number of imidazole rings is 1. The molecule has 4 atom stereocenters. The molecule has 0 aliphatic heterocycles. The van der Waals surface area contributed by atoms with E-state index in [1.807, 2.05) is 0 Å². The van der Waals surface area contributed by atoms with E-state index in [0.29, 0.717) is 5.56 Å². The van der Waals surface area contributed by atoms with Gasteiger partial charge in [-0.3, -0.25) is 0 Å². The molecule has 32 heavy (non-hydrogen) atoms. The third kappa shape index (κ3) is 3.65. The lowest BCUT2D eigenvalue weighted by Gasteiger charge is -2.20. The van der Waals surface area contributed by atoms with Crippen molar-refractivity contribution in [3.8, 4) is 11.8 Å². The first-order valence-electron chi connectivity index (χ1n) is 9.88. The van der Waals surface area contributed by atoms with E-state index in [-0.39, 0.29) is 46.3 Å². The Bertz CT molecular complexity index is 1200. The number of benzene rings is 2. The molecule has 0 saturated heterocycles. The Labute approximate surface area is 180 Å².